The van der Waals surface area contributed by atoms with Gasteiger partial charge in [-0.15, -0.1) is 0 Å². The molecule has 6 nitrogen and oxygen atoms in total. The zero-order valence-electron chi connectivity index (χ0n) is 19.0. The monoisotopic (exact) mass is 454 g/mol. The first-order valence-corrected chi connectivity index (χ1v) is 11.3. The van der Waals surface area contributed by atoms with Gasteiger partial charge in [0.05, 0.1) is 12.7 Å². The van der Waals surface area contributed by atoms with Crippen molar-refractivity contribution in [2.45, 2.75) is 19.1 Å². The minimum absolute atomic E-state index is 0.0143. The van der Waals surface area contributed by atoms with Crippen LogP contribution in [0.2, 0.25) is 0 Å². The topological polar surface area (TPSA) is 71.6 Å². The van der Waals surface area contributed by atoms with Gasteiger partial charge in [0.15, 0.2) is 0 Å². The number of benzene rings is 3. The number of aromatic amines is 1. The van der Waals surface area contributed by atoms with Crippen molar-refractivity contribution in [3.63, 3.8) is 0 Å². The third-order valence-electron chi connectivity index (χ3n) is 6.33. The largest absolute Gasteiger partial charge is 0.465 e. The molecule has 172 valence electrons. The van der Waals surface area contributed by atoms with Crippen LogP contribution in [0.5, 0.6) is 0 Å². The van der Waals surface area contributed by atoms with Gasteiger partial charge in [-0.05, 0) is 29.3 Å². The molecule has 1 aliphatic heterocycles. The van der Waals surface area contributed by atoms with E-state index >= 15 is 0 Å². The van der Waals surface area contributed by atoms with E-state index in [1.165, 1.54) is 7.11 Å². The van der Waals surface area contributed by atoms with Gasteiger partial charge in [0.1, 0.15) is 12.7 Å². The van der Waals surface area contributed by atoms with E-state index in [0.717, 1.165) is 39.7 Å². The molecule has 0 fully saturated rings. The summed E-state index contributed by atoms with van der Waals surface area (Å²) < 4.78 is 11.1. The molecule has 1 aliphatic rings. The molecule has 5 rings (SSSR count). The lowest BCUT2D eigenvalue weighted by Crippen LogP contribution is -2.38. The van der Waals surface area contributed by atoms with Crippen molar-refractivity contribution in [2.75, 3.05) is 20.3 Å². The van der Waals surface area contributed by atoms with Crippen molar-refractivity contribution >= 4 is 22.8 Å². The number of nitrogens with one attached hydrogen (secondary N) is 1. The Kier molecular flexibility index (Phi) is 6.14. The first-order valence-electron chi connectivity index (χ1n) is 11.3. The third kappa shape index (κ3) is 4.32. The number of carbonyl (C=O) groups is 2. The van der Waals surface area contributed by atoms with E-state index in [0.29, 0.717) is 18.7 Å². The van der Waals surface area contributed by atoms with Crippen molar-refractivity contribution in [3.8, 4) is 0 Å². The van der Waals surface area contributed by atoms with Gasteiger partial charge in [-0.2, -0.15) is 0 Å². The Balaban J connectivity index is 1.33. The Labute approximate surface area is 198 Å². The number of ether oxygens (including phenoxy) is 2. The Morgan fingerprint density at radius 3 is 2.29 bits per heavy atom. The number of hydrogen-bond acceptors (Lipinski definition) is 4. The van der Waals surface area contributed by atoms with E-state index in [1.54, 1.807) is 6.07 Å². The summed E-state index contributed by atoms with van der Waals surface area (Å²) in [6, 6.07) is 25.4. The summed E-state index contributed by atoms with van der Waals surface area (Å²) in [5.74, 6) is -0.428. The summed E-state index contributed by atoms with van der Waals surface area (Å²) in [4.78, 5) is 30.4. The second-order valence-corrected chi connectivity index (χ2v) is 8.41. The molecule has 1 N–H and O–H groups in total. The van der Waals surface area contributed by atoms with Crippen LogP contribution in [0.25, 0.3) is 10.9 Å². The zero-order chi connectivity index (χ0) is 23.5. The lowest BCUT2D eigenvalue weighted by atomic mass is 10.0. The average Bonchev–Trinajstić information content (AvgIpc) is 3.26. The minimum Gasteiger partial charge on any atom is -0.465 e. The molecular formula is C28H26N2O4. The number of fused-ring (bicyclic) bond motifs is 3. The van der Waals surface area contributed by atoms with E-state index in [1.807, 2.05) is 77.7 Å². The summed E-state index contributed by atoms with van der Waals surface area (Å²) in [6.07, 6.45) is 0.409. The molecule has 1 amide bonds. The van der Waals surface area contributed by atoms with Crippen LogP contribution in [0, 0.1) is 0 Å². The molecule has 6 heteroatoms. The van der Waals surface area contributed by atoms with Crippen LogP contribution in [0.15, 0.2) is 78.9 Å². The van der Waals surface area contributed by atoms with Crippen LogP contribution in [-0.4, -0.2) is 42.0 Å². The lowest BCUT2D eigenvalue weighted by molar-refractivity contribution is -0.138. The van der Waals surface area contributed by atoms with E-state index in [-0.39, 0.29) is 24.6 Å². The van der Waals surface area contributed by atoms with Gasteiger partial charge in [-0.1, -0.05) is 60.7 Å². The fourth-order valence-electron chi connectivity index (χ4n) is 4.56. The smallest absolute Gasteiger partial charge is 0.337 e. The standard InChI is InChI=1S/C28H26N2O4/c1-33-28(32)21-12-13-24-22(16-21)23-17-30(15-14-25(23)29-24)26(31)18-34-27(19-8-4-2-5-9-19)20-10-6-3-7-11-20/h2-13,16,27,29H,14-15,17-18H2,1H3. The van der Waals surface area contributed by atoms with Crippen molar-refractivity contribution in [2.24, 2.45) is 0 Å². The molecule has 0 radical (unpaired) electrons. The summed E-state index contributed by atoms with van der Waals surface area (Å²) in [7, 11) is 1.37. The minimum atomic E-state index is -0.373. The Hall–Kier alpha value is -3.90. The predicted molar refractivity (Wildman–Crippen MR) is 129 cm³/mol. The second kappa shape index (κ2) is 9.53. The van der Waals surface area contributed by atoms with Crippen LogP contribution in [0.4, 0.5) is 0 Å². The quantitative estimate of drug-likeness (QED) is 0.431. The molecule has 4 aromatic rings. The number of esters is 1. The molecular weight excluding hydrogens is 428 g/mol. The van der Waals surface area contributed by atoms with Crippen LogP contribution < -0.4 is 0 Å². The first kappa shape index (κ1) is 21.9. The van der Waals surface area contributed by atoms with E-state index in [2.05, 4.69) is 4.98 Å². The maximum atomic E-state index is 13.2. The highest BCUT2D eigenvalue weighted by Crippen LogP contribution is 2.30. The molecule has 34 heavy (non-hydrogen) atoms. The van der Waals surface area contributed by atoms with Gasteiger partial charge >= 0.3 is 5.97 Å². The van der Waals surface area contributed by atoms with Crippen molar-refractivity contribution in [3.05, 3.63) is 107 Å². The molecule has 1 aromatic heterocycles. The number of hydrogen-bond donors (Lipinski definition) is 1. The van der Waals surface area contributed by atoms with Gasteiger partial charge < -0.3 is 19.4 Å². The molecule has 0 unspecified atom stereocenters. The van der Waals surface area contributed by atoms with Crippen LogP contribution in [0.1, 0.15) is 38.8 Å². The highest BCUT2D eigenvalue weighted by molar-refractivity contribution is 5.96. The average molecular weight is 455 g/mol. The van der Waals surface area contributed by atoms with Gasteiger partial charge in [-0.3, -0.25) is 4.79 Å². The Morgan fingerprint density at radius 1 is 0.971 bits per heavy atom. The molecule has 0 atom stereocenters. The van der Waals surface area contributed by atoms with E-state index in [4.69, 9.17) is 9.47 Å². The molecule has 0 saturated carbocycles. The van der Waals surface area contributed by atoms with Crippen molar-refractivity contribution < 1.29 is 19.1 Å². The number of amides is 1. The summed E-state index contributed by atoms with van der Waals surface area (Å²) in [5, 5.41) is 0.947. The highest BCUT2D eigenvalue weighted by atomic mass is 16.5. The van der Waals surface area contributed by atoms with Gasteiger partial charge in [0.2, 0.25) is 5.91 Å². The Bertz CT molecular complexity index is 1280. The molecule has 0 bridgehead atoms. The number of carbonyl (C=O) groups excluding carboxylic acids is 2. The highest BCUT2D eigenvalue weighted by Gasteiger charge is 2.26. The van der Waals surface area contributed by atoms with Crippen molar-refractivity contribution in [1.82, 2.24) is 9.88 Å². The molecule has 0 saturated heterocycles. The molecule has 3 aromatic carbocycles. The van der Waals surface area contributed by atoms with Gasteiger partial charge in [0, 0.05) is 41.7 Å². The fourth-order valence-corrected chi connectivity index (χ4v) is 4.56. The number of aromatic nitrogens is 1. The maximum Gasteiger partial charge on any atom is 0.337 e. The predicted octanol–water partition coefficient (Wildman–Crippen LogP) is 4.65. The summed E-state index contributed by atoms with van der Waals surface area (Å²) in [6.45, 7) is 1.08. The Morgan fingerprint density at radius 2 is 1.65 bits per heavy atom. The summed E-state index contributed by atoms with van der Waals surface area (Å²) in [5.41, 5.74) is 5.62. The maximum absolute atomic E-state index is 13.2. The first-order chi connectivity index (χ1) is 16.6. The second-order valence-electron chi connectivity index (χ2n) is 8.41. The molecule has 0 aliphatic carbocycles. The number of rotatable bonds is 6. The molecule has 2 heterocycles. The third-order valence-corrected chi connectivity index (χ3v) is 6.33. The molecule has 0 spiro atoms. The number of H-pyrrole nitrogens is 1. The van der Waals surface area contributed by atoms with Crippen molar-refractivity contribution in [1.29, 1.82) is 0 Å². The number of nitrogens with zero attached hydrogens (tertiary/aromatic N) is 1. The van der Waals surface area contributed by atoms with Crippen LogP contribution in [-0.2, 0) is 27.2 Å². The normalized spacial score (nSPS) is 13.2. The lowest BCUT2D eigenvalue weighted by Gasteiger charge is -2.28. The fraction of sp³-hybridized carbons (Fsp3) is 0.214. The van der Waals surface area contributed by atoms with Gasteiger partial charge in [0.25, 0.3) is 0 Å². The van der Waals surface area contributed by atoms with Gasteiger partial charge in [-0.25, -0.2) is 4.79 Å². The van der Waals surface area contributed by atoms with Crippen LogP contribution >= 0.6 is 0 Å². The number of methoxy groups -OCH3 is 1. The zero-order valence-corrected chi connectivity index (χ0v) is 19.0. The van der Waals surface area contributed by atoms with E-state index in [9.17, 15) is 9.59 Å². The van der Waals surface area contributed by atoms with Crippen LogP contribution in [0.3, 0.4) is 0 Å². The summed E-state index contributed by atoms with van der Waals surface area (Å²) >= 11 is 0. The SMILES string of the molecule is COC(=O)c1ccc2[nH]c3c(c2c1)CN(C(=O)COC(c1ccccc1)c1ccccc1)CC3. The van der Waals surface area contributed by atoms with E-state index < -0.39 is 0 Å².